The van der Waals surface area contributed by atoms with Gasteiger partial charge in [-0.3, -0.25) is 0 Å². The van der Waals surface area contributed by atoms with Crippen LogP contribution in [-0.2, 0) is 0 Å². The first-order chi connectivity index (χ1) is 11.5. The van der Waals surface area contributed by atoms with Crippen LogP contribution in [0, 0.1) is 0 Å². The lowest BCUT2D eigenvalue weighted by atomic mass is 10.2. The van der Waals surface area contributed by atoms with Gasteiger partial charge in [0.2, 0.25) is 0 Å². The average Bonchev–Trinajstić information content (AvgIpc) is 2.56. The summed E-state index contributed by atoms with van der Waals surface area (Å²) in [4.78, 5) is 8.77. The summed E-state index contributed by atoms with van der Waals surface area (Å²) in [7, 11) is 1.58. The molecule has 0 bridgehead atoms. The van der Waals surface area contributed by atoms with Crippen LogP contribution in [0.15, 0.2) is 48.5 Å². The number of nitrogens with two attached hydrogens (primary N) is 1. The zero-order valence-corrected chi connectivity index (χ0v) is 14.3. The number of halogens is 2. The Morgan fingerprint density at radius 2 is 1.67 bits per heavy atom. The second kappa shape index (κ2) is 6.95. The summed E-state index contributed by atoms with van der Waals surface area (Å²) in [5.41, 5.74) is 7.42. The van der Waals surface area contributed by atoms with Crippen molar-refractivity contribution in [3.05, 3.63) is 58.6 Å². The van der Waals surface area contributed by atoms with Gasteiger partial charge >= 0.3 is 0 Å². The third-order valence-corrected chi connectivity index (χ3v) is 3.75. The molecule has 0 atom stereocenters. The maximum absolute atomic E-state index is 6.08. The first kappa shape index (κ1) is 16.4. The van der Waals surface area contributed by atoms with Gasteiger partial charge in [-0.15, -0.1) is 0 Å². The fourth-order valence-electron chi connectivity index (χ4n) is 2.19. The van der Waals surface area contributed by atoms with Crippen molar-refractivity contribution in [1.29, 1.82) is 0 Å². The summed E-state index contributed by atoms with van der Waals surface area (Å²) >= 11 is 12.0. The minimum atomic E-state index is 0.332. The molecule has 122 valence electrons. The Morgan fingerprint density at radius 1 is 0.958 bits per heavy atom. The lowest BCUT2D eigenvalue weighted by molar-refractivity contribution is 0.416. The number of nitrogens with one attached hydrogen (secondary N) is 1. The molecule has 0 saturated heterocycles. The molecule has 0 spiro atoms. The molecule has 0 aliphatic rings. The van der Waals surface area contributed by atoms with Gasteiger partial charge < -0.3 is 15.8 Å². The zero-order valence-electron chi connectivity index (χ0n) is 12.8. The van der Waals surface area contributed by atoms with Gasteiger partial charge in [-0.25, -0.2) is 9.97 Å². The van der Waals surface area contributed by atoms with E-state index in [4.69, 9.17) is 33.7 Å². The summed E-state index contributed by atoms with van der Waals surface area (Å²) in [6.07, 6.45) is 0. The van der Waals surface area contributed by atoms with Crippen molar-refractivity contribution >= 4 is 40.5 Å². The maximum atomic E-state index is 6.08. The number of nitrogen functional groups attached to an aromatic ring is 1. The molecule has 0 aliphatic carbocycles. The molecule has 3 rings (SSSR count). The molecule has 24 heavy (non-hydrogen) atoms. The van der Waals surface area contributed by atoms with E-state index in [1.165, 1.54) is 0 Å². The van der Waals surface area contributed by atoms with Crippen LogP contribution >= 0.6 is 23.2 Å². The van der Waals surface area contributed by atoms with Gasteiger partial charge in [-0.1, -0.05) is 23.2 Å². The van der Waals surface area contributed by atoms with E-state index in [9.17, 15) is 0 Å². The molecule has 1 aromatic heterocycles. The van der Waals surface area contributed by atoms with Crippen molar-refractivity contribution < 1.29 is 4.74 Å². The van der Waals surface area contributed by atoms with E-state index >= 15 is 0 Å². The van der Waals surface area contributed by atoms with Gasteiger partial charge in [-0.2, -0.15) is 0 Å². The molecule has 7 heteroatoms. The van der Waals surface area contributed by atoms with Gasteiger partial charge in [-0.05, 0) is 42.5 Å². The van der Waals surface area contributed by atoms with Crippen LogP contribution in [0.3, 0.4) is 0 Å². The van der Waals surface area contributed by atoms with Crippen LogP contribution in [0.1, 0.15) is 0 Å². The number of benzene rings is 2. The van der Waals surface area contributed by atoms with Crippen LogP contribution in [0.5, 0.6) is 5.75 Å². The van der Waals surface area contributed by atoms with Crippen molar-refractivity contribution in [3.8, 4) is 17.1 Å². The van der Waals surface area contributed by atoms with Crippen LogP contribution in [0.25, 0.3) is 11.4 Å². The van der Waals surface area contributed by atoms with Gasteiger partial charge in [0.15, 0.2) is 5.82 Å². The molecular formula is C17H14Cl2N4O. The second-order valence-electron chi connectivity index (χ2n) is 4.98. The van der Waals surface area contributed by atoms with E-state index in [1.54, 1.807) is 43.5 Å². The minimum absolute atomic E-state index is 0.332. The number of aromatic nitrogens is 2. The maximum Gasteiger partial charge on any atom is 0.167 e. The highest BCUT2D eigenvalue weighted by Gasteiger charge is 2.12. The SMILES string of the molecule is COc1ccc(Cl)cc1-c1nc(N)cc(Nc2ccc(Cl)cc2)n1. The molecule has 5 nitrogen and oxygen atoms in total. The molecule has 0 amide bonds. The number of nitrogens with zero attached hydrogens (tertiary/aromatic N) is 2. The number of anilines is 3. The van der Waals surface area contributed by atoms with Gasteiger partial charge in [0.05, 0.1) is 12.7 Å². The summed E-state index contributed by atoms with van der Waals surface area (Å²) in [5, 5.41) is 4.39. The van der Waals surface area contributed by atoms with E-state index < -0.39 is 0 Å². The van der Waals surface area contributed by atoms with E-state index in [1.807, 2.05) is 12.1 Å². The van der Waals surface area contributed by atoms with Crippen molar-refractivity contribution in [1.82, 2.24) is 9.97 Å². The van der Waals surface area contributed by atoms with E-state index in [-0.39, 0.29) is 0 Å². The Morgan fingerprint density at radius 3 is 2.38 bits per heavy atom. The number of hydrogen-bond donors (Lipinski definition) is 2. The normalized spacial score (nSPS) is 10.5. The highest BCUT2D eigenvalue weighted by atomic mass is 35.5. The lowest BCUT2D eigenvalue weighted by Gasteiger charge is -2.11. The average molecular weight is 361 g/mol. The Labute approximate surface area is 149 Å². The van der Waals surface area contributed by atoms with Gasteiger partial charge in [0, 0.05) is 21.8 Å². The largest absolute Gasteiger partial charge is 0.496 e. The highest BCUT2D eigenvalue weighted by molar-refractivity contribution is 6.31. The zero-order chi connectivity index (χ0) is 17.1. The molecule has 0 radical (unpaired) electrons. The molecule has 0 saturated carbocycles. The summed E-state index contributed by atoms with van der Waals surface area (Å²) in [6, 6.07) is 14.2. The Kier molecular flexibility index (Phi) is 4.74. The van der Waals surface area contributed by atoms with Crippen LogP contribution in [0.4, 0.5) is 17.3 Å². The molecule has 3 aromatic rings. The van der Waals surface area contributed by atoms with Crippen molar-refractivity contribution in [3.63, 3.8) is 0 Å². The fraction of sp³-hybridized carbons (Fsp3) is 0.0588. The minimum Gasteiger partial charge on any atom is -0.496 e. The Bertz CT molecular complexity index is 869. The van der Waals surface area contributed by atoms with Crippen molar-refractivity contribution in [2.24, 2.45) is 0 Å². The first-order valence-electron chi connectivity index (χ1n) is 7.06. The number of rotatable bonds is 4. The standard InChI is InChI=1S/C17H14Cl2N4O/c1-24-14-7-4-11(19)8-13(14)17-22-15(20)9-16(23-17)21-12-5-2-10(18)3-6-12/h2-9H,1H3,(H3,20,21,22,23). The molecular weight excluding hydrogens is 347 g/mol. The van der Waals surface area contributed by atoms with Gasteiger partial charge in [0.25, 0.3) is 0 Å². The summed E-state index contributed by atoms with van der Waals surface area (Å²) in [5.74, 6) is 1.92. The van der Waals surface area contributed by atoms with Crippen LogP contribution < -0.4 is 15.8 Å². The first-order valence-corrected chi connectivity index (χ1v) is 7.82. The Balaban J connectivity index is 2.00. The molecule has 0 unspecified atom stereocenters. The number of hydrogen-bond acceptors (Lipinski definition) is 5. The van der Waals surface area contributed by atoms with E-state index in [0.717, 1.165) is 5.69 Å². The van der Waals surface area contributed by atoms with Crippen LogP contribution in [0.2, 0.25) is 10.0 Å². The van der Waals surface area contributed by atoms with Gasteiger partial charge in [0.1, 0.15) is 17.4 Å². The predicted molar refractivity (Wildman–Crippen MR) is 98.2 cm³/mol. The van der Waals surface area contributed by atoms with E-state index in [2.05, 4.69) is 15.3 Å². The molecule has 2 aromatic carbocycles. The van der Waals surface area contributed by atoms with E-state index in [0.29, 0.717) is 38.8 Å². The van der Waals surface area contributed by atoms with Crippen molar-refractivity contribution in [2.75, 3.05) is 18.2 Å². The van der Waals surface area contributed by atoms with Crippen molar-refractivity contribution in [2.45, 2.75) is 0 Å². The highest BCUT2D eigenvalue weighted by Crippen LogP contribution is 2.32. The second-order valence-corrected chi connectivity index (χ2v) is 5.85. The smallest absolute Gasteiger partial charge is 0.167 e. The number of methoxy groups -OCH3 is 1. The Hall–Kier alpha value is -2.50. The number of ether oxygens (including phenoxy) is 1. The van der Waals surface area contributed by atoms with Crippen LogP contribution in [-0.4, -0.2) is 17.1 Å². The molecule has 0 aliphatic heterocycles. The molecule has 0 fully saturated rings. The topological polar surface area (TPSA) is 73.1 Å². The summed E-state index contributed by atoms with van der Waals surface area (Å²) in [6.45, 7) is 0. The third kappa shape index (κ3) is 3.69. The third-order valence-electron chi connectivity index (χ3n) is 3.27. The molecule has 3 N–H and O–H groups in total. The predicted octanol–water partition coefficient (Wildman–Crippen LogP) is 4.78. The summed E-state index contributed by atoms with van der Waals surface area (Å²) < 4.78 is 5.35. The molecule has 1 heterocycles. The quantitative estimate of drug-likeness (QED) is 0.699. The monoisotopic (exact) mass is 360 g/mol. The lowest BCUT2D eigenvalue weighted by Crippen LogP contribution is -2.02. The fourth-order valence-corrected chi connectivity index (χ4v) is 2.48.